The van der Waals surface area contributed by atoms with Gasteiger partial charge in [0.15, 0.2) is 0 Å². The van der Waals surface area contributed by atoms with Gasteiger partial charge >= 0.3 is 0 Å². The Labute approximate surface area is 121 Å². The molecule has 4 heteroatoms. The van der Waals surface area contributed by atoms with Crippen LogP contribution in [0.25, 0.3) is 0 Å². The summed E-state index contributed by atoms with van der Waals surface area (Å²) < 4.78 is 0. The van der Waals surface area contributed by atoms with E-state index in [1.165, 1.54) is 15.4 Å². The summed E-state index contributed by atoms with van der Waals surface area (Å²) in [6, 6.07) is 16.5. The lowest BCUT2D eigenvalue weighted by Crippen LogP contribution is -1.83. The molecular weight excluding hydrogens is 278 g/mol. The lowest BCUT2D eigenvalue weighted by Gasteiger charge is -2.06. The highest BCUT2D eigenvalue weighted by Gasteiger charge is 2.01. The van der Waals surface area contributed by atoms with Crippen molar-refractivity contribution in [2.24, 2.45) is 0 Å². The average Bonchev–Trinajstić information content (AvgIpc) is 2.38. The Morgan fingerprint density at radius 2 is 1.33 bits per heavy atom. The van der Waals surface area contributed by atoms with Crippen molar-refractivity contribution >= 4 is 39.9 Å². The molecule has 1 atom stereocenters. The van der Waals surface area contributed by atoms with E-state index in [0.717, 1.165) is 5.69 Å². The number of nitrogens with two attached hydrogens (primary N) is 1. The van der Waals surface area contributed by atoms with Crippen molar-refractivity contribution in [3.63, 3.8) is 0 Å². The fourth-order valence-corrected chi connectivity index (χ4v) is 3.52. The minimum absolute atomic E-state index is 0.286. The van der Waals surface area contributed by atoms with Crippen LogP contribution in [0.1, 0.15) is 17.7 Å². The van der Waals surface area contributed by atoms with Crippen molar-refractivity contribution in [2.45, 2.75) is 22.0 Å². The molecule has 0 aliphatic carbocycles. The van der Waals surface area contributed by atoms with Gasteiger partial charge in [-0.15, -0.1) is 0 Å². The van der Waals surface area contributed by atoms with Crippen molar-refractivity contribution in [1.29, 1.82) is 0 Å². The van der Waals surface area contributed by atoms with E-state index in [9.17, 15) is 0 Å². The predicted molar refractivity (Wildman–Crippen MR) is 86.4 cm³/mol. The fourth-order valence-electron chi connectivity index (χ4n) is 1.42. The lowest BCUT2D eigenvalue weighted by molar-refractivity contribution is 1.10. The molecule has 0 fully saturated rings. The van der Waals surface area contributed by atoms with Gasteiger partial charge in [0.25, 0.3) is 0 Å². The zero-order valence-electron chi connectivity index (χ0n) is 10.0. The molecule has 18 heavy (non-hydrogen) atoms. The van der Waals surface area contributed by atoms with Crippen LogP contribution in [0.2, 0.25) is 0 Å². The molecule has 0 aliphatic heterocycles. The van der Waals surface area contributed by atoms with Gasteiger partial charge in [0, 0.05) is 20.7 Å². The first kappa shape index (κ1) is 13.7. The molecule has 0 amide bonds. The van der Waals surface area contributed by atoms with E-state index in [0.29, 0.717) is 0 Å². The van der Waals surface area contributed by atoms with Crippen LogP contribution in [0.4, 0.5) is 5.69 Å². The summed E-state index contributed by atoms with van der Waals surface area (Å²) in [4.78, 5) is 2.45. The highest BCUT2D eigenvalue weighted by Crippen LogP contribution is 2.37. The van der Waals surface area contributed by atoms with Crippen LogP contribution in [-0.2, 0) is 0 Å². The van der Waals surface area contributed by atoms with E-state index in [1.807, 2.05) is 24.3 Å². The van der Waals surface area contributed by atoms with Crippen molar-refractivity contribution in [3.8, 4) is 0 Å². The number of anilines is 1. The quantitative estimate of drug-likeness (QED) is 0.468. The number of benzene rings is 2. The third-order valence-corrected chi connectivity index (χ3v) is 5.19. The van der Waals surface area contributed by atoms with Crippen molar-refractivity contribution in [2.75, 3.05) is 5.73 Å². The van der Waals surface area contributed by atoms with Crippen LogP contribution in [0.15, 0.2) is 58.3 Å². The van der Waals surface area contributed by atoms with Crippen LogP contribution in [0.3, 0.4) is 0 Å². The van der Waals surface area contributed by atoms with E-state index in [4.69, 9.17) is 5.73 Å². The largest absolute Gasteiger partial charge is 0.399 e. The molecule has 2 N–H and O–H groups in total. The number of nitrogen functional groups attached to an aromatic ring is 1. The summed E-state index contributed by atoms with van der Waals surface area (Å²) >= 11 is 4.42. The van der Waals surface area contributed by atoms with Gasteiger partial charge in [-0.2, -0.15) is 12.6 Å². The maximum atomic E-state index is 5.66. The maximum Gasteiger partial charge on any atom is 0.0314 e. The SMILES string of the molecule is CC(S)c1ccc(SSc2ccc(N)cc2)cc1. The van der Waals surface area contributed by atoms with E-state index in [-0.39, 0.29) is 5.25 Å². The van der Waals surface area contributed by atoms with Crippen LogP contribution in [0, 0.1) is 0 Å². The third kappa shape index (κ3) is 3.90. The van der Waals surface area contributed by atoms with E-state index in [2.05, 4.69) is 43.8 Å². The molecule has 0 spiro atoms. The molecule has 0 saturated carbocycles. The monoisotopic (exact) mass is 293 g/mol. The molecule has 0 radical (unpaired) electrons. The standard InChI is InChI=1S/C14H15NS3/c1-10(16)11-2-6-13(7-3-11)17-18-14-8-4-12(15)5-9-14/h2-10,16H,15H2,1H3. The molecule has 0 heterocycles. The minimum Gasteiger partial charge on any atom is -0.399 e. The second-order valence-electron chi connectivity index (χ2n) is 3.98. The second kappa shape index (κ2) is 6.45. The molecule has 94 valence electrons. The van der Waals surface area contributed by atoms with Gasteiger partial charge < -0.3 is 5.73 Å². The Morgan fingerprint density at radius 3 is 1.78 bits per heavy atom. The molecular formula is C14H15NS3. The topological polar surface area (TPSA) is 26.0 Å². The van der Waals surface area contributed by atoms with E-state index in [1.54, 1.807) is 21.6 Å². The van der Waals surface area contributed by atoms with Gasteiger partial charge in [-0.3, -0.25) is 0 Å². The van der Waals surface area contributed by atoms with E-state index >= 15 is 0 Å². The number of rotatable bonds is 4. The molecule has 2 aromatic rings. The van der Waals surface area contributed by atoms with Gasteiger partial charge in [0.05, 0.1) is 0 Å². The zero-order chi connectivity index (χ0) is 13.0. The Kier molecular flexibility index (Phi) is 4.92. The first-order valence-electron chi connectivity index (χ1n) is 5.63. The Balaban J connectivity index is 1.95. The normalized spacial score (nSPS) is 12.3. The summed E-state index contributed by atoms with van der Waals surface area (Å²) in [7, 11) is 3.49. The van der Waals surface area contributed by atoms with Crippen LogP contribution in [0.5, 0.6) is 0 Å². The van der Waals surface area contributed by atoms with Gasteiger partial charge in [0.1, 0.15) is 0 Å². The minimum atomic E-state index is 0.286. The Hall–Kier alpha value is -0.710. The highest BCUT2D eigenvalue weighted by molar-refractivity contribution is 8.76. The molecule has 0 aliphatic rings. The fraction of sp³-hybridized carbons (Fsp3) is 0.143. The van der Waals surface area contributed by atoms with Crippen LogP contribution < -0.4 is 5.73 Å². The maximum absolute atomic E-state index is 5.66. The van der Waals surface area contributed by atoms with Crippen molar-refractivity contribution in [3.05, 3.63) is 54.1 Å². The first-order chi connectivity index (χ1) is 8.65. The number of hydrogen-bond acceptors (Lipinski definition) is 4. The summed E-state index contributed by atoms with van der Waals surface area (Å²) in [5.74, 6) is 0. The van der Waals surface area contributed by atoms with Gasteiger partial charge in [-0.25, -0.2) is 0 Å². The molecule has 0 aromatic heterocycles. The highest BCUT2D eigenvalue weighted by atomic mass is 33.1. The van der Waals surface area contributed by atoms with Gasteiger partial charge in [-0.05, 0) is 48.9 Å². The van der Waals surface area contributed by atoms with Gasteiger partial charge in [0.2, 0.25) is 0 Å². The van der Waals surface area contributed by atoms with Crippen molar-refractivity contribution < 1.29 is 0 Å². The molecule has 0 bridgehead atoms. The second-order valence-corrected chi connectivity index (χ2v) is 7.03. The summed E-state index contributed by atoms with van der Waals surface area (Å²) in [5, 5.41) is 0.286. The first-order valence-corrected chi connectivity index (χ1v) is 8.30. The average molecular weight is 293 g/mol. The van der Waals surface area contributed by atoms with Gasteiger partial charge in [-0.1, -0.05) is 33.7 Å². The lowest BCUT2D eigenvalue weighted by atomic mass is 10.2. The van der Waals surface area contributed by atoms with E-state index < -0.39 is 0 Å². The van der Waals surface area contributed by atoms with Crippen LogP contribution >= 0.6 is 34.2 Å². The molecule has 0 saturated heterocycles. The summed E-state index contributed by atoms with van der Waals surface area (Å²) in [6.45, 7) is 2.08. The number of hydrogen-bond donors (Lipinski definition) is 2. The molecule has 1 unspecified atom stereocenters. The molecule has 2 rings (SSSR count). The predicted octanol–water partition coefficient (Wildman–Crippen LogP) is 5.06. The Bertz CT molecular complexity index is 491. The Morgan fingerprint density at radius 1 is 0.889 bits per heavy atom. The number of thiol groups is 1. The van der Waals surface area contributed by atoms with Crippen molar-refractivity contribution in [1.82, 2.24) is 0 Å². The summed E-state index contributed by atoms with van der Waals surface area (Å²) in [6.07, 6.45) is 0. The third-order valence-electron chi connectivity index (χ3n) is 2.48. The zero-order valence-corrected chi connectivity index (χ0v) is 12.6. The smallest absolute Gasteiger partial charge is 0.0314 e. The van der Waals surface area contributed by atoms with Crippen LogP contribution in [-0.4, -0.2) is 0 Å². The summed E-state index contributed by atoms with van der Waals surface area (Å²) in [5.41, 5.74) is 7.71. The molecule has 2 aromatic carbocycles. The molecule has 1 nitrogen and oxygen atoms in total.